The number of aromatic hydroxyl groups is 3. The maximum absolute atomic E-state index is 12.6. The van der Waals surface area contributed by atoms with Gasteiger partial charge in [-0.05, 0) is 118 Å². The molecule has 14 rings (SSSR count). The van der Waals surface area contributed by atoms with Gasteiger partial charge in [0.1, 0.15) is 17.2 Å². The van der Waals surface area contributed by atoms with Crippen LogP contribution in [0, 0.1) is 41.5 Å². The summed E-state index contributed by atoms with van der Waals surface area (Å²) in [7, 11) is 0. The first kappa shape index (κ1) is 81.7. The van der Waals surface area contributed by atoms with E-state index in [0.717, 1.165) is 66.6 Å². The van der Waals surface area contributed by atoms with Gasteiger partial charge < -0.3 is 15.3 Å². The van der Waals surface area contributed by atoms with Gasteiger partial charge in [-0.1, -0.05) is 324 Å². The number of hydrogen-bond acceptors (Lipinski definition) is 10. The van der Waals surface area contributed by atoms with Gasteiger partial charge in [0.15, 0.2) is 28.9 Å². The van der Waals surface area contributed by atoms with E-state index < -0.39 is 0 Å². The lowest BCUT2D eigenvalue weighted by atomic mass is 9.97. The molecule has 0 unspecified atom stereocenters. The molecule has 13 aromatic carbocycles. The van der Waals surface area contributed by atoms with E-state index in [1.165, 1.54) is 11.1 Å². The van der Waals surface area contributed by atoms with Crippen LogP contribution in [0.5, 0.6) is 17.2 Å². The van der Waals surface area contributed by atoms with Gasteiger partial charge in [-0.25, -0.2) is 5.10 Å². The smallest absolute Gasteiger partial charge is 0.272 e. The second-order valence-electron chi connectivity index (χ2n) is 24.7. The number of carbonyl (C=O) groups is 5. The van der Waals surface area contributed by atoms with Gasteiger partial charge in [0, 0.05) is 66.6 Å². The van der Waals surface area contributed by atoms with Crippen molar-refractivity contribution in [2.45, 2.75) is 71.2 Å². The van der Waals surface area contributed by atoms with Crippen molar-refractivity contribution < 1.29 is 39.3 Å². The molecule has 0 spiro atoms. The van der Waals surface area contributed by atoms with E-state index in [4.69, 9.17) is 10.2 Å². The van der Waals surface area contributed by atoms with Crippen molar-refractivity contribution in [3.8, 4) is 50.8 Å². The minimum atomic E-state index is -0.201. The number of H-pyrrole nitrogens is 1. The normalized spacial score (nSPS) is 10.0. The van der Waals surface area contributed by atoms with Crippen LogP contribution >= 0.6 is 0 Å². The van der Waals surface area contributed by atoms with E-state index in [1.54, 1.807) is 78.9 Å². The number of hydrogen-bond donors (Lipinski definition) is 4. The SMILES string of the molecule is C.C.C.C.Cc1ccc(C(=O)c2ccc(-c3ccc(C(=O)c4ccc(C)cc4)cc3)cc2)cc1.Cc1ccc(C(=O)c2ccc(C(=O)c3ccc(C)cc3)cc2)cc1.Cc1ccc(C(=O)c2ccc(C)cc2)cc1.O=c1[nH]nc(-c2ccc(O)cc2)c2ccccc12.Oc1ccc(-c2ccc(O)cc2)cc1. The fourth-order valence-corrected chi connectivity index (χ4v) is 10.7. The number of phenols is 3. The number of nitrogens with zero attached hydrogens (tertiary/aromatic N) is 1. The Morgan fingerprint density at radius 3 is 0.623 bits per heavy atom. The standard InChI is InChI=1S/C28H22O2.C22H18O2.C15H14O.C14H10N2O2.C12H10O2.4CH4/c1-19-3-7-23(8-4-19)27(29)25-15-11-21(12-16-25)22-13-17-26(18-14-22)28(30)24-9-5-20(2)6-10-24;1-15-3-7-17(8-4-15)21(23)19-11-13-20(14-12-19)22(24)18-9-5-16(2)6-10-18;1-11-3-7-13(8-4-11)15(16)14-9-5-12(2)6-10-14;17-10-7-5-9(6-8-10)13-11-3-1-2-4-12(11)14(18)16-15-13;13-11-5-1-9(2-6-11)10-3-7-12(14)8-4-10;;;;/h3-18H,1-2H3;3-14H,1-2H3;3-10H,1-2H3;1-8,17H,(H,16,18);1-8,13-14H;4*1H4. The summed E-state index contributed by atoms with van der Waals surface area (Å²) in [5.74, 6) is 0.752. The number of ketones is 5. The molecular weight excluding hydrogens is 1310 g/mol. The predicted octanol–water partition coefficient (Wildman–Crippen LogP) is 22.3. The van der Waals surface area contributed by atoms with Crippen LogP contribution in [0.3, 0.4) is 0 Å². The highest BCUT2D eigenvalue weighted by molar-refractivity contribution is 6.13. The van der Waals surface area contributed by atoms with E-state index in [1.807, 2.05) is 278 Å². The third kappa shape index (κ3) is 21.9. The maximum atomic E-state index is 12.6. The molecule has 4 N–H and O–H groups in total. The molecule has 1 heterocycles. The van der Waals surface area contributed by atoms with Crippen LogP contribution in [-0.2, 0) is 0 Å². The van der Waals surface area contributed by atoms with Crippen molar-refractivity contribution >= 4 is 39.7 Å². The van der Waals surface area contributed by atoms with Gasteiger partial charge in [-0.3, -0.25) is 28.8 Å². The first-order valence-corrected chi connectivity index (χ1v) is 33.0. The molecule has 0 saturated heterocycles. The van der Waals surface area contributed by atoms with Crippen molar-refractivity contribution in [3.63, 3.8) is 0 Å². The monoisotopic (exact) mass is 1400 g/mol. The zero-order chi connectivity index (χ0) is 72.2. The average molecular weight is 1400 g/mol. The van der Waals surface area contributed by atoms with Gasteiger partial charge in [0.05, 0.1) is 11.1 Å². The fraction of sp³-hybridized carbons (Fsp3) is 0.105. The summed E-state index contributed by atoms with van der Waals surface area (Å²) < 4.78 is 0. The Kier molecular flexibility index (Phi) is 29.8. The average Bonchev–Trinajstić information content (AvgIpc) is 0.779. The van der Waals surface area contributed by atoms with Gasteiger partial charge in [0.25, 0.3) is 5.56 Å². The second-order valence-corrected chi connectivity index (χ2v) is 24.7. The molecule has 0 bridgehead atoms. The highest BCUT2D eigenvalue weighted by Crippen LogP contribution is 2.28. The molecule has 1 aromatic heterocycles. The molecule has 14 aromatic rings. The Morgan fingerprint density at radius 1 is 0.236 bits per heavy atom. The van der Waals surface area contributed by atoms with Crippen molar-refractivity contribution in [1.82, 2.24) is 10.2 Å². The molecule has 0 aliphatic carbocycles. The zero-order valence-electron chi connectivity index (χ0n) is 57.3. The molecule has 11 nitrogen and oxygen atoms in total. The van der Waals surface area contributed by atoms with Crippen LogP contribution in [0.2, 0.25) is 0 Å². The number of benzene rings is 13. The van der Waals surface area contributed by atoms with Gasteiger partial charge in [-0.15, -0.1) is 0 Å². The summed E-state index contributed by atoms with van der Waals surface area (Å²) in [6.07, 6.45) is 0. The summed E-state index contributed by atoms with van der Waals surface area (Å²) in [4.78, 5) is 73.9. The molecule has 0 saturated carbocycles. The lowest BCUT2D eigenvalue weighted by Gasteiger charge is -2.07. The number of aromatic amines is 1. The van der Waals surface area contributed by atoms with Gasteiger partial charge in [-0.2, -0.15) is 5.10 Å². The number of fused-ring (bicyclic) bond motifs is 1. The first-order chi connectivity index (χ1) is 49.2. The van der Waals surface area contributed by atoms with Crippen molar-refractivity contribution in [3.05, 3.63) is 415 Å². The third-order valence-corrected chi connectivity index (χ3v) is 16.8. The molecule has 534 valence electrons. The van der Waals surface area contributed by atoms with E-state index in [9.17, 15) is 33.9 Å². The number of phenolic OH excluding ortho intramolecular Hbond substituents is 3. The van der Waals surface area contributed by atoms with E-state index in [2.05, 4.69) is 10.2 Å². The maximum Gasteiger partial charge on any atom is 0.272 e. The number of nitrogens with one attached hydrogen (secondary N) is 1. The van der Waals surface area contributed by atoms with Crippen molar-refractivity contribution in [2.24, 2.45) is 0 Å². The first-order valence-electron chi connectivity index (χ1n) is 33.0. The van der Waals surface area contributed by atoms with Gasteiger partial charge in [0.2, 0.25) is 0 Å². The minimum Gasteiger partial charge on any atom is -0.508 e. The predicted molar refractivity (Wildman–Crippen MR) is 434 cm³/mol. The second kappa shape index (κ2) is 38.7. The summed E-state index contributed by atoms with van der Waals surface area (Å²) in [5, 5.41) is 35.5. The van der Waals surface area contributed by atoms with Crippen LogP contribution in [0.4, 0.5) is 0 Å². The topological polar surface area (TPSA) is 192 Å². The lowest BCUT2D eigenvalue weighted by molar-refractivity contribution is 0.102. The Bertz CT molecular complexity index is 4980. The number of aryl methyl sites for hydroxylation is 6. The van der Waals surface area contributed by atoms with Crippen LogP contribution in [0.1, 0.15) is 143 Å². The molecule has 11 heteroatoms. The highest BCUT2D eigenvalue weighted by atomic mass is 16.3. The molecule has 0 radical (unpaired) electrons. The van der Waals surface area contributed by atoms with Crippen LogP contribution in [0.25, 0.3) is 44.3 Å². The van der Waals surface area contributed by atoms with Crippen LogP contribution in [0.15, 0.2) is 320 Å². The molecule has 0 aliphatic rings. The largest absolute Gasteiger partial charge is 0.508 e. The molecule has 106 heavy (non-hydrogen) atoms. The Labute approximate surface area is 622 Å². The fourth-order valence-electron chi connectivity index (χ4n) is 10.7. The summed E-state index contributed by atoms with van der Waals surface area (Å²) in [5.41, 5.74) is 18.9. The molecule has 0 aliphatic heterocycles. The highest BCUT2D eigenvalue weighted by Gasteiger charge is 2.16. The van der Waals surface area contributed by atoms with Gasteiger partial charge >= 0.3 is 0 Å². The molecule has 0 atom stereocenters. The third-order valence-electron chi connectivity index (χ3n) is 16.8. The van der Waals surface area contributed by atoms with Crippen LogP contribution in [-0.4, -0.2) is 54.4 Å². The summed E-state index contributed by atoms with van der Waals surface area (Å²) in [6.45, 7) is 12.0. The Hall–Kier alpha value is -13.3. The molecule has 0 fully saturated rings. The minimum absolute atomic E-state index is 0. The van der Waals surface area contributed by atoms with E-state index in [-0.39, 0.29) is 81.4 Å². The number of rotatable bonds is 13. The van der Waals surface area contributed by atoms with Crippen molar-refractivity contribution in [1.29, 1.82) is 0 Å². The van der Waals surface area contributed by atoms with E-state index >= 15 is 0 Å². The zero-order valence-corrected chi connectivity index (χ0v) is 57.3. The summed E-state index contributed by atoms with van der Waals surface area (Å²) in [6, 6.07) is 95.5. The molecular formula is C95H90N2O9. The lowest BCUT2D eigenvalue weighted by Crippen LogP contribution is -2.09. The Balaban J connectivity index is 0.000000211. The van der Waals surface area contributed by atoms with Crippen LogP contribution < -0.4 is 5.56 Å². The van der Waals surface area contributed by atoms with Crippen molar-refractivity contribution in [2.75, 3.05) is 0 Å². The number of carbonyl (C=O) groups excluding carboxylic acids is 5. The number of aromatic nitrogens is 2. The van der Waals surface area contributed by atoms with E-state index in [0.29, 0.717) is 55.6 Å². The Morgan fingerprint density at radius 2 is 0.406 bits per heavy atom. The quantitative estimate of drug-likeness (QED) is 0.0808. The molecule has 0 amide bonds. The summed E-state index contributed by atoms with van der Waals surface area (Å²) >= 11 is 0.